The average Bonchev–Trinajstić information content (AvgIpc) is 1.84. The minimum Gasteiger partial charge on any atom is -0.477 e. The Labute approximate surface area is 63.9 Å². The molecule has 0 fully saturated rings. The van der Waals surface area contributed by atoms with Crippen LogP contribution in [0, 0.1) is 0 Å². The fraction of sp³-hybridized carbons (Fsp3) is 0. The van der Waals surface area contributed by atoms with Crippen molar-refractivity contribution in [1.29, 1.82) is 0 Å². The molecule has 4 nitrogen and oxygen atoms in total. The Bertz CT molecular complexity index is 267. The van der Waals surface area contributed by atoms with E-state index in [1.54, 1.807) is 6.07 Å². The number of hydrogen-bond donors (Lipinski definition) is 1. The predicted molar refractivity (Wildman–Crippen MR) is 38.1 cm³/mol. The number of rotatable bonds is 1. The molecule has 1 aromatic rings. The quantitative estimate of drug-likeness (QED) is 0.660. The van der Waals surface area contributed by atoms with Crippen LogP contribution in [-0.4, -0.2) is 11.1 Å². The van der Waals surface area contributed by atoms with Gasteiger partial charge in [0, 0.05) is 0 Å². The maximum absolute atomic E-state index is 10.4. The topological polar surface area (TPSA) is 63.6 Å². The lowest BCUT2D eigenvalue weighted by molar-refractivity contribution is 0.0696. The molecule has 0 amide bonds. The summed E-state index contributed by atoms with van der Waals surface area (Å²) in [6, 6.07) is 4.56. The van der Waals surface area contributed by atoms with Gasteiger partial charge >= 0.3 is 5.97 Å². The molecule has 0 saturated carbocycles. The number of hydrogen-bond acceptors (Lipinski definition) is 3. The SMILES string of the molecule is O=C(O)c1ccccoop1. The van der Waals surface area contributed by atoms with Gasteiger partial charge in [-0.3, -0.25) is 8.93 Å². The zero-order valence-electron chi connectivity index (χ0n) is 5.43. The molecule has 0 aliphatic heterocycles. The zero-order valence-corrected chi connectivity index (χ0v) is 6.32. The first kappa shape index (κ1) is 7.82. The summed E-state index contributed by atoms with van der Waals surface area (Å²) in [5, 5.41) is 8.63. The molecular formula is C6H5O4P. The van der Waals surface area contributed by atoms with Crippen molar-refractivity contribution >= 4 is 14.4 Å². The molecule has 0 spiro atoms. The van der Waals surface area contributed by atoms with Gasteiger partial charge in [-0.1, -0.05) is 6.07 Å². The van der Waals surface area contributed by atoms with E-state index in [4.69, 9.17) is 5.11 Å². The van der Waals surface area contributed by atoms with Crippen LogP contribution in [0.1, 0.15) is 10.1 Å². The summed E-state index contributed by atoms with van der Waals surface area (Å²) in [5.41, 5.74) is 0. The second kappa shape index (κ2) is 3.78. The molecule has 1 aromatic heterocycles. The molecule has 0 saturated heterocycles. The van der Waals surface area contributed by atoms with Crippen molar-refractivity contribution in [2.24, 2.45) is 0 Å². The van der Waals surface area contributed by atoms with Gasteiger partial charge in [-0.15, -0.1) is 0 Å². The predicted octanol–water partition coefficient (Wildman–Crippen LogP) is 2.28. The van der Waals surface area contributed by atoms with Crippen molar-refractivity contribution in [3.05, 3.63) is 29.8 Å². The highest BCUT2D eigenvalue weighted by molar-refractivity contribution is 7.25. The van der Waals surface area contributed by atoms with Crippen LogP contribution < -0.4 is 0 Å². The summed E-state index contributed by atoms with van der Waals surface area (Å²) >= 11 is 0. The Morgan fingerprint density at radius 1 is 1.55 bits per heavy atom. The van der Waals surface area contributed by atoms with Gasteiger partial charge in [0.25, 0.3) is 0 Å². The lowest BCUT2D eigenvalue weighted by atomic mass is 10.4. The third kappa shape index (κ3) is 2.43. The van der Waals surface area contributed by atoms with Crippen LogP contribution in [0.15, 0.2) is 33.4 Å². The molecule has 1 heterocycles. The van der Waals surface area contributed by atoms with Crippen molar-refractivity contribution in [1.82, 2.24) is 0 Å². The van der Waals surface area contributed by atoms with E-state index in [2.05, 4.69) is 8.93 Å². The van der Waals surface area contributed by atoms with Crippen LogP contribution in [0.5, 0.6) is 0 Å². The lowest BCUT2D eigenvalue weighted by Crippen LogP contribution is -1.90. The summed E-state index contributed by atoms with van der Waals surface area (Å²) in [6.45, 7) is 0. The van der Waals surface area contributed by atoms with Gasteiger partial charge in [0.1, 0.15) is 11.6 Å². The van der Waals surface area contributed by atoms with Crippen molar-refractivity contribution in [3.8, 4) is 0 Å². The van der Waals surface area contributed by atoms with Crippen LogP contribution in [0.4, 0.5) is 0 Å². The van der Waals surface area contributed by atoms with E-state index in [0.717, 1.165) is 0 Å². The first-order valence-electron chi connectivity index (χ1n) is 2.77. The fourth-order valence-electron chi connectivity index (χ4n) is 0.451. The molecular weight excluding hydrogens is 167 g/mol. The summed E-state index contributed by atoms with van der Waals surface area (Å²) < 4.78 is 8.89. The van der Waals surface area contributed by atoms with Crippen LogP contribution in [0.25, 0.3) is 0 Å². The smallest absolute Gasteiger partial charge is 0.343 e. The molecule has 5 heteroatoms. The van der Waals surface area contributed by atoms with Crippen LogP contribution >= 0.6 is 8.43 Å². The minimum atomic E-state index is -1.01. The summed E-state index contributed by atoms with van der Waals surface area (Å²) in [4.78, 5) is 10.4. The minimum absolute atomic E-state index is 0.134. The monoisotopic (exact) mass is 172 g/mol. The second-order valence-electron chi connectivity index (χ2n) is 1.64. The van der Waals surface area contributed by atoms with Gasteiger partial charge in [-0.25, -0.2) is 4.79 Å². The largest absolute Gasteiger partial charge is 0.477 e. The van der Waals surface area contributed by atoms with Gasteiger partial charge in [0.15, 0.2) is 8.43 Å². The Balaban J connectivity index is 3.12. The first-order chi connectivity index (χ1) is 5.30. The van der Waals surface area contributed by atoms with Gasteiger partial charge < -0.3 is 5.11 Å². The Hall–Kier alpha value is -1.28. The molecule has 11 heavy (non-hydrogen) atoms. The maximum atomic E-state index is 10.4. The van der Waals surface area contributed by atoms with Crippen molar-refractivity contribution in [3.63, 3.8) is 0 Å². The average molecular weight is 172 g/mol. The summed E-state index contributed by atoms with van der Waals surface area (Å²) in [6.07, 6.45) is 1.32. The molecule has 1 rings (SSSR count). The van der Waals surface area contributed by atoms with Gasteiger partial charge in [0.2, 0.25) is 0 Å². The van der Waals surface area contributed by atoms with E-state index < -0.39 is 5.97 Å². The fourth-order valence-corrected chi connectivity index (χ4v) is 0.849. The number of aromatic carboxylic acids is 1. The molecule has 0 aliphatic rings. The highest BCUT2D eigenvalue weighted by Crippen LogP contribution is 2.09. The first-order valence-corrected chi connectivity index (χ1v) is 3.59. The van der Waals surface area contributed by atoms with Crippen molar-refractivity contribution in [2.45, 2.75) is 0 Å². The highest BCUT2D eigenvalue weighted by atomic mass is 31.1. The van der Waals surface area contributed by atoms with Gasteiger partial charge in [-0.05, 0) is 12.1 Å². The third-order valence-electron chi connectivity index (χ3n) is 0.897. The normalized spacial score (nSPS) is 9.45. The number of carbonyl (C=O) groups is 1. The van der Waals surface area contributed by atoms with E-state index in [1.807, 2.05) is 0 Å². The van der Waals surface area contributed by atoms with E-state index in [-0.39, 0.29) is 13.7 Å². The highest BCUT2D eigenvalue weighted by Gasteiger charge is 2.00. The van der Waals surface area contributed by atoms with Crippen molar-refractivity contribution in [2.75, 3.05) is 0 Å². The van der Waals surface area contributed by atoms with Crippen LogP contribution in [0.3, 0.4) is 0 Å². The molecule has 0 bridgehead atoms. The standard InChI is InChI=1S/C6H5O4P/c7-6(8)5-3-1-2-4-9-10-11-5/h1-4H,(H,7,8). The molecule has 0 radical (unpaired) electrons. The van der Waals surface area contributed by atoms with Crippen LogP contribution in [-0.2, 0) is 0 Å². The lowest BCUT2D eigenvalue weighted by Gasteiger charge is -1.84. The van der Waals surface area contributed by atoms with E-state index >= 15 is 0 Å². The zero-order chi connectivity index (χ0) is 8.10. The molecule has 58 valence electrons. The Morgan fingerprint density at radius 2 is 2.36 bits per heavy atom. The Kier molecular flexibility index (Phi) is 2.69. The molecule has 0 aliphatic carbocycles. The maximum Gasteiger partial charge on any atom is 0.343 e. The summed E-state index contributed by atoms with van der Waals surface area (Å²) in [5.74, 6) is -1.01. The third-order valence-corrected chi connectivity index (χ3v) is 1.59. The van der Waals surface area contributed by atoms with Gasteiger partial charge in [-0.2, -0.15) is 0 Å². The molecule has 0 atom stereocenters. The molecule has 0 unspecified atom stereocenters. The molecule has 0 aromatic carbocycles. The van der Waals surface area contributed by atoms with Gasteiger partial charge in [0.05, 0.1) is 0 Å². The Morgan fingerprint density at radius 3 is 3.09 bits per heavy atom. The van der Waals surface area contributed by atoms with Crippen LogP contribution in [0.2, 0.25) is 0 Å². The second-order valence-corrected chi connectivity index (χ2v) is 2.45. The van der Waals surface area contributed by atoms with E-state index in [1.165, 1.54) is 18.4 Å². The van der Waals surface area contributed by atoms with Crippen molar-refractivity contribution < 1.29 is 18.8 Å². The number of carboxylic acids is 1. The van der Waals surface area contributed by atoms with E-state index in [0.29, 0.717) is 0 Å². The molecule has 1 N–H and O–H groups in total. The number of carboxylic acid groups (broad SMARTS) is 1. The van der Waals surface area contributed by atoms with E-state index in [9.17, 15) is 4.79 Å². The summed E-state index contributed by atoms with van der Waals surface area (Å²) in [7, 11) is 0.190.